The van der Waals surface area contributed by atoms with E-state index in [0.29, 0.717) is 5.56 Å². The summed E-state index contributed by atoms with van der Waals surface area (Å²) in [6, 6.07) is 7.90. The van der Waals surface area contributed by atoms with Crippen LogP contribution in [0.15, 0.2) is 42.7 Å². The van der Waals surface area contributed by atoms with Crippen LogP contribution in [0.25, 0.3) is 5.69 Å². The topological polar surface area (TPSA) is 84.2 Å². The summed E-state index contributed by atoms with van der Waals surface area (Å²) >= 11 is 0. The standard InChI is InChI=1S/C15H15N3O3/c19-14(17-13(15(20)21)10-2-3-10)11-4-6-12(7-5-11)18-9-1-8-16-18/h1,4-10,13H,2-3H2,(H,17,19)(H,20,21). The summed E-state index contributed by atoms with van der Waals surface area (Å²) in [5.74, 6) is -1.27. The van der Waals surface area contributed by atoms with Crippen LogP contribution in [0.4, 0.5) is 0 Å². The maximum atomic E-state index is 12.1. The van der Waals surface area contributed by atoms with Crippen LogP contribution in [0.2, 0.25) is 0 Å². The molecule has 21 heavy (non-hydrogen) atoms. The molecular formula is C15H15N3O3. The third-order valence-electron chi connectivity index (χ3n) is 3.54. The fourth-order valence-corrected chi connectivity index (χ4v) is 2.22. The molecule has 6 nitrogen and oxygen atoms in total. The molecule has 3 rings (SSSR count). The molecule has 2 aromatic rings. The number of amides is 1. The monoisotopic (exact) mass is 285 g/mol. The average molecular weight is 285 g/mol. The second-order valence-corrected chi connectivity index (χ2v) is 5.12. The highest BCUT2D eigenvalue weighted by Gasteiger charge is 2.37. The molecule has 0 radical (unpaired) electrons. The molecule has 0 saturated heterocycles. The van der Waals surface area contributed by atoms with Gasteiger partial charge in [0.25, 0.3) is 5.91 Å². The van der Waals surface area contributed by atoms with Gasteiger partial charge < -0.3 is 10.4 Å². The van der Waals surface area contributed by atoms with Crippen molar-refractivity contribution in [3.05, 3.63) is 48.3 Å². The summed E-state index contributed by atoms with van der Waals surface area (Å²) in [4.78, 5) is 23.2. The molecule has 6 heteroatoms. The molecule has 1 aromatic heterocycles. The van der Waals surface area contributed by atoms with Crippen molar-refractivity contribution in [2.24, 2.45) is 5.92 Å². The molecule has 1 aromatic carbocycles. The normalized spacial score (nSPS) is 15.4. The van der Waals surface area contributed by atoms with Crippen LogP contribution in [0.1, 0.15) is 23.2 Å². The summed E-state index contributed by atoms with van der Waals surface area (Å²) in [5.41, 5.74) is 1.28. The van der Waals surface area contributed by atoms with Crippen LogP contribution in [-0.2, 0) is 4.79 Å². The number of carboxylic acids is 1. The van der Waals surface area contributed by atoms with E-state index in [2.05, 4.69) is 10.4 Å². The van der Waals surface area contributed by atoms with Gasteiger partial charge in [-0.3, -0.25) is 4.79 Å². The van der Waals surface area contributed by atoms with Crippen molar-refractivity contribution < 1.29 is 14.7 Å². The number of benzene rings is 1. The van der Waals surface area contributed by atoms with Crippen molar-refractivity contribution in [2.45, 2.75) is 18.9 Å². The summed E-state index contributed by atoms with van der Waals surface area (Å²) < 4.78 is 1.69. The molecule has 1 saturated carbocycles. The highest BCUT2D eigenvalue weighted by Crippen LogP contribution is 2.32. The van der Waals surface area contributed by atoms with Crippen LogP contribution in [0.3, 0.4) is 0 Å². The first-order valence-electron chi connectivity index (χ1n) is 6.79. The van der Waals surface area contributed by atoms with E-state index in [0.717, 1.165) is 18.5 Å². The highest BCUT2D eigenvalue weighted by atomic mass is 16.4. The molecule has 1 heterocycles. The molecule has 1 amide bonds. The molecule has 1 atom stereocenters. The van der Waals surface area contributed by atoms with Gasteiger partial charge in [-0.25, -0.2) is 9.48 Å². The Kier molecular flexibility index (Phi) is 3.43. The SMILES string of the molecule is O=C(NC(C(=O)O)C1CC1)c1ccc(-n2cccn2)cc1. The minimum atomic E-state index is -0.973. The van der Waals surface area contributed by atoms with Gasteiger partial charge in [-0.2, -0.15) is 5.10 Å². The Balaban J connectivity index is 1.71. The second-order valence-electron chi connectivity index (χ2n) is 5.12. The first kappa shape index (κ1) is 13.4. The van der Waals surface area contributed by atoms with Gasteiger partial charge in [0.05, 0.1) is 5.69 Å². The minimum absolute atomic E-state index is 0.0646. The van der Waals surface area contributed by atoms with E-state index in [4.69, 9.17) is 5.11 Å². The maximum Gasteiger partial charge on any atom is 0.326 e. The van der Waals surface area contributed by atoms with Crippen LogP contribution >= 0.6 is 0 Å². The third kappa shape index (κ3) is 2.94. The van der Waals surface area contributed by atoms with Crippen molar-refractivity contribution in [2.75, 3.05) is 0 Å². The Labute approximate surface area is 121 Å². The molecule has 0 aliphatic heterocycles. The van der Waals surface area contributed by atoms with Gasteiger partial charge in [-0.1, -0.05) is 0 Å². The number of hydrogen-bond donors (Lipinski definition) is 2. The van der Waals surface area contributed by atoms with Gasteiger partial charge in [0.1, 0.15) is 6.04 Å². The zero-order chi connectivity index (χ0) is 14.8. The van der Waals surface area contributed by atoms with Crippen molar-refractivity contribution in [1.82, 2.24) is 15.1 Å². The average Bonchev–Trinajstić information content (AvgIpc) is 3.17. The van der Waals surface area contributed by atoms with Crippen molar-refractivity contribution in [3.63, 3.8) is 0 Å². The maximum absolute atomic E-state index is 12.1. The number of carbonyl (C=O) groups is 2. The van der Waals surface area contributed by atoms with Gasteiger partial charge in [0.15, 0.2) is 0 Å². The predicted octanol–water partition coefficient (Wildman–Crippen LogP) is 1.47. The van der Waals surface area contributed by atoms with E-state index in [1.165, 1.54) is 0 Å². The largest absolute Gasteiger partial charge is 0.480 e. The Morgan fingerprint density at radius 1 is 1.29 bits per heavy atom. The second kappa shape index (κ2) is 5.40. The summed E-state index contributed by atoms with van der Waals surface area (Å²) in [6.07, 6.45) is 5.20. The van der Waals surface area contributed by atoms with Gasteiger partial charge >= 0.3 is 5.97 Å². The molecular weight excluding hydrogens is 270 g/mol. The van der Waals surface area contributed by atoms with Crippen molar-refractivity contribution in [3.8, 4) is 5.69 Å². The fourth-order valence-electron chi connectivity index (χ4n) is 2.22. The molecule has 1 aliphatic carbocycles. The van der Waals surface area contributed by atoms with E-state index in [-0.39, 0.29) is 11.8 Å². The number of carboxylic acid groups (broad SMARTS) is 1. The smallest absolute Gasteiger partial charge is 0.326 e. The van der Waals surface area contributed by atoms with Gasteiger partial charge in [0.2, 0.25) is 0 Å². The van der Waals surface area contributed by atoms with Crippen LogP contribution in [0.5, 0.6) is 0 Å². The summed E-state index contributed by atoms with van der Waals surface area (Å²) in [7, 11) is 0. The van der Waals surface area contributed by atoms with Crippen LogP contribution in [-0.4, -0.2) is 32.8 Å². The van der Waals surface area contributed by atoms with Crippen LogP contribution in [0, 0.1) is 5.92 Å². The molecule has 1 aliphatic rings. The van der Waals surface area contributed by atoms with Crippen molar-refractivity contribution in [1.29, 1.82) is 0 Å². The number of hydrogen-bond acceptors (Lipinski definition) is 3. The number of nitrogens with one attached hydrogen (secondary N) is 1. The highest BCUT2D eigenvalue weighted by molar-refractivity contribution is 5.96. The van der Waals surface area contributed by atoms with Crippen LogP contribution < -0.4 is 5.32 Å². The molecule has 108 valence electrons. The van der Waals surface area contributed by atoms with Crippen molar-refractivity contribution >= 4 is 11.9 Å². The first-order valence-corrected chi connectivity index (χ1v) is 6.79. The Morgan fingerprint density at radius 2 is 2.00 bits per heavy atom. The third-order valence-corrected chi connectivity index (χ3v) is 3.54. The first-order chi connectivity index (χ1) is 10.1. The van der Waals surface area contributed by atoms with E-state index >= 15 is 0 Å². The zero-order valence-corrected chi connectivity index (χ0v) is 11.3. The lowest BCUT2D eigenvalue weighted by molar-refractivity contribution is -0.139. The number of aromatic nitrogens is 2. The zero-order valence-electron chi connectivity index (χ0n) is 11.3. The van der Waals surface area contributed by atoms with Gasteiger partial charge in [0, 0.05) is 18.0 Å². The Morgan fingerprint density at radius 3 is 2.52 bits per heavy atom. The lowest BCUT2D eigenvalue weighted by atomic mass is 10.1. The molecule has 1 unspecified atom stereocenters. The minimum Gasteiger partial charge on any atom is -0.480 e. The molecule has 2 N–H and O–H groups in total. The van der Waals surface area contributed by atoms with E-state index in [1.54, 1.807) is 35.1 Å². The number of carbonyl (C=O) groups excluding carboxylic acids is 1. The molecule has 0 bridgehead atoms. The Hall–Kier alpha value is -2.63. The van der Waals surface area contributed by atoms with E-state index in [1.807, 2.05) is 12.3 Å². The molecule has 1 fully saturated rings. The summed E-state index contributed by atoms with van der Waals surface area (Å²) in [6.45, 7) is 0. The fraction of sp³-hybridized carbons (Fsp3) is 0.267. The van der Waals surface area contributed by atoms with E-state index in [9.17, 15) is 9.59 Å². The lowest BCUT2D eigenvalue weighted by Gasteiger charge is -2.13. The lowest BCUT2D eigenvalue weighted by Crippen LogP contribution is -2.42. The van der Waals surface area contributed by atoms with Gasteiger partial charge in [-0.15, -0.1) is 0 Å². The Bertz CT molecular complexity index is 645. The van der Waals surface area contributed by atoms with E-state index < -0.39 is 12.0 Å². The predicted molar refractivity (Wildman–Crippen MR) is 75.2 cm³/mol. The molecule has 0 spiro atoms. The summed E-state index contributed by atoms with van der Waals surface area (Å²) in [5, 5.41) is 15.8. The number of rotatable bonds is 5. The number of aliphatic carboxylic acids is 1. The van der Waals surface area contributed by atoms with Gasteiger partial charge in [-0.05, 0) is 49.1 Å². The quantitative estimate of drug-likeness (QED) is 0.871. The number of nitrogens with zero attached hydrogens (tertiary/aromatic N) is 2.